The fraction of sp³-hybridized carbons (Fsp3) is 0.429. The predicted octanol–water partition coefficient (Wildman–Crippen LogP) is 2.79. The summed E-state index contributed by atoms with van der Waals surface area (Å²) in [6.07, 6.45) is 8.63. The molecule has 1 aromatic rings. The van der Waals surface area contributed by atoms with Crippen LogP contribution in [0.15, 0.2) is 36.4 Å². The van der Waals surface area contributed by atoms with Crippen molar-refractivity contribution >= 4 is 0 Å². The van der Waals surface area contributed by atoms with Crippen LogP contribution in [0.1, 0.15) is 30.4 Å². The van der Waals surface area contributed by atoms with Crippen LogP contribution in [0.4, 0.5) is 0 Å². The summed E-state index contributed by atoms with van der Waals surface area (Å²) in [5.41, 5.74) is 1.78. The summed E-state index contributed by atoms with van der Waals surface area (Å²) in [6.45, 7) is 0. The molecule has 0 fully saturated rings. The second-order valence-electron chi connectivity index (χ2n) is 4.70. The van der Waals surface area contributed by atoms with Crippen molar-refractivity contribution in [1.29, 1.82) is 0 Å². The van der Waals surface area contributed by atoms with Crippen LogP contribution >= 0.6 is 0 Å². The molecule has 0 bridgehead atoms. The molecule has 2 aliphatic rings. The van der Waals surface area contributed by atoms with Gasteiger partial charge in [-0.05, 0) is 42.7 Å². The van der Waals surface area contributed by atoms with Crippen molar-refractivity contribution in [2.75, 3.05) is 0 Å². The molecule has 0 radical (unpaired) electrons. The Morgan fingerprint density at radius 1 is 1.20 bits per heavy atom. The first-order chi connectivity index (χ1) is 7.31. The Bertz CT molecular complexity index is 408. The third-order valence-corrected chi connectivity index (χ3v) is 3.89. The van der Waals surface area contributed by atoms with Crippen LogP contribution in [0.2, 0.25) is 0 Å². The van der Waals surface area contributed by atoms with E-state index < -0.39 is 5.60 Å². The number of aliphatic hydroxyl groups is 1. The molecule has 2 aliphatic carbocycles. The zero-order valence-corrected chi connectivity index (χ0v) is 8.82. The second kappa shape index (κ2) is 3.21. The van der Waals surface area contributed by atoms with Crippen molar-refractivity contribution in [3.05, 3.63) is 47.5 Å². The van der Waals surface area contributed by atoms with E-state index >= 15 is 0 Å². The monoisotopic (exact) mass is 200 g/mol. The van der Waals surface area contributed by atoms with Crippen molar-refractivity contribution in [1.82, 2.24) is 0 Å². The minimum Gasteiger partial charge on any atom is -0.381 e. The molecule has 2 atom stereocenters. The van der Waals surface area contributed by atoms with Gasteiger partial charge in [-0.25, -0.2) is 0 Å². The molecule has 1 aromatic carbocycles. The number of rotatable bonds is 0. The maximum absolute atomic E-state index is 10.8. The van der Waals surface area contributed by atoms with Gasteiger partial charge < -0.3 is 5.11 Å². The van der Waals surface area contributed by atoms with E-state index in [4.69, 9.17) is 0 Å². The molecule has 0 spiro atoms. The Balaban J connectivity index is 2.17. The topological polar surface area (TPSA) is 20.2 Å². The molecule has 15 heavy (non-hydrogen) atoms. The van der Waals surface area contributed by atoms with Gasteiger partial charge in [0.2, 0.25) is 0 Å². The highest BCUT2D eigenvalue weighted by Gasteiger charge is 2.41. The van der Waals surface area contributed by atoms with Crippen molar-refractivity contribution in [2.45, 2.75) is 31.3 Å². The molecule has 3 rings (SSSR count). The number of allylic oxidation sites excluding steroid dienone is 1. The molecule has 0 aliphatic heterocycles. The SMILES string of the molecule is O[C@]12C=CCC[C@@H]1CCc1ccccc12. The third-order valence-electron chi connectivity index (χ3n) is 3.89. The highest BCUT2D eigenvalue weighted by Crippen LogP contribution is 2.45. The van der Waals surface area contributed by atoms with Crippen LogP contribution in [-0.4, -0.2) is 5.11 Å². The highest BCUT2D eigenvalue weighted by molar-refractivity contribution is 5.39. The Morgan fingerprint density at radius 2 is 2.07 bits per heavy atom. The summed E-state index contributed by atoms with van der Waals surface area (Å²) in [5.74, 6) is 0.428. The van der Waals surface area contributed by atoms with Crippen LogP contribution in [-0.2, 0) is 12.0 Å². The zero-order valence-electron chi connectivity index (χ0n) is 8.82. The van der Waals surface area contributed by atoms with E-state index in [0.717, 1.165) is 31.2 Å². The molecular weight excluding hydrogens is 184 g/mol. The van der Waals surface area contributed by atoms with E-state index in [1.165, 1.54) is 5.56 Å². The van der Waals surface area contributed by atoms with Gasteiger partial charge in [-0.1, -0.05) is 36.4 Å². The fourth-order valence-corrected chi connectivity index (χ4v) is 3.05. The van der Waals surface area contributed by atoms with E-state index in [1.807, 2.05) is 12.1 Å². The summed E-state index contributed by atoms with van der Waals surface area (Å²) >= 11 is 0. The first-order valence-corrected chi connectivity index (χ1v) is 5.79. The van der Waals surface area contributed by atoms with Gasteiger partial charge in [0, 0.05) is 0 Å². The van der Waals surface area contributed by atoms with E-state index in [2.05, 4.69) is 24.3 Å². The van der Waals surface area contributed by atoms with E-state index in [9.17, 15) is 5.11 Å². The average molecular weight is 200 g/mol. The third kappa shape index (κ3) is 1.26. The molecule has 0 aromatic heterocycles. The number of hydrogen-bond acceptors (Lipinski definition) is 1. The van der Waals surface area contributed by atoms with Gasteiger partial charge in [-0.3, -0.25) is 0 Å². The average Bonchev–Trinajstić information content (AvgIpc) is 2.29. The maximum atomic E-state index is 10.8. The lowest BCUT2D eigenvalue weighted by Crippen LogP contribution is -2.39. The van der Waals surface area contributed by atoms with Crippen molar-refractivity contribution in [2.24, 2.45) is 5.92 Å². The van der Waals surface area contributed by atoms with E-state index in [-0.39, 0.29) is 0 Å². The Morgan fingerprint density at radius 3 is 3.00 bits per heavy atom. The van der Waals surface area contributed by atoms with Gasteiger partial charge >= 0.3 is 0 Å². The lowest BCUT2D eigenvalue weighted by Gasteiger charge is -2.41. The van der Waals surface area contributed by atoms with Gasteiger partial charge in [-0.15, -0.1) is 0 Å². The molecule has 0 saturated carbocycles. The number of benzene rings is 1. The minimum absolute atomic E-state index is 0.428. The molecule has 0 heterocycles. The van der Waals surface area contributed by atoms with Gasteiger partial charge in [0.15, 0.2) is 0 Å². The Kier molecular flexibility index (Phi) is 1.96. The molecular formula is C14H16O. The van der Waals surface area contributed by atoms with Crippen molar-refractivity contribution in [3.63, 3.8) is 0 Å². The normalized spacial score (nSPS) is 33.3. The first-order valence-electron chi connectivity index (χ1n) is 5.79. The smallest absolute Gasteiger partial charge is 0.111 e. The number of aryl methyl sites for hydroxylation is 1. The maximum Gasteiger partial charge on any atom is 0.111 e. The summed E-state index contributed by atoms with van der Waals surface area (Å²) in [6, 6.07) is 8.32. The Hall–Kier alpha value is -1.08. The predicted molar refractivity (Wildman–Crippen MR) is 60.5 cm³/mol. The summed E-state index contributed by atoms with van der Waals surface area (Å²) in [5, 5.41) is 10.8. The van der Waals surface area contributed by atoms with Gasteiger partial charge in [0.25, 0.3) is 0 Å². The van der Waals surface area contributed by atoms with Crippen LogP contribution in [0.5, 0.6) is 0 Å². The van der Waals surface area contributed by atoms with Crippen LogP contribution < -0.4 is 0 Å². The van der Waals surface area contributed by atoms with Gasteiger partial charge in [0.1, 0.15) is 5.60 Å². The molecule has 1 N–H and O–H groups in total. The summed E-state index contributed by atoms with van der Waals surface area (Å²) < 4.78 is 0. The van der Waals surface area contributed by atoms with Crippen molar-refractivity contribution < 1.29 is 5.11 Å². The standard InChI is InChI=1S/C14H16O/c15-14-10-4-3-6-12(14)9-8-11-5-1-2-7-13(11)14/h1-2,4-5,7,10,12,15H,3,6,8-9H2/t12-,14-/m1/s1. The van der Waals surface area contributed by atoms with Crippen LogP contribution in [0.3, 0.4) is 0 Å². The highest BCUT2D eigenvalue weighted by atomic mass is 16.3. The molecule has 0 amide bonds. The van der Waals surface area contributed by atoms with Crippen LogP contribution in [0, 0.1) is 5.92 Å². The van der Waals surface area contributed by atoms with Gasteiger partial charge in [0.05, 0.1) is 0 Å². The second-order valence-corrected chi connectivity index (χ2v) is 4.70. The van der Waals surface area contributed by atoms with Gasteiger partial charge in [-0.2, -0.15) is 0 Å². The molecule has 0 unspecified atom stereocenters. The molecule has 78 valence electrons. The lowest BCUT2D eigenvalue weighted by atomic mass is 9.68. The van der Waals surface area contributed by atoms with E-state index in [1.54, 1.807) is 0 Å². The van der Waals surface area contributed by atoms with Crippen LogP contribution in [0.25, 0.3) is 0 Å². The summed E-state index contributed by atoms with van der Waals surface area (Å²) in [7, 11) is 0. The molecule has 1 nitrogen and oxygen atoms in total. The number of hydrogen-bond donors (Lipinski definition) is 1. The van der Waals surface area contributed by atoms with Crippen molar-refractivity contribution in [3.8, 4) is 0 Å². The van der Waals surface area contributed by atoms with E-state index in [0.29, 0.717) is 5.92 Å². The summed E-state index contributed by atoms with van der Waals surface area (Å²) in [4.78, 5) is 0. The molecule has 1 heteroatoms. The fourth-order valence-electron chi connectivity index (χ4n) is 3.05. The minimum atomic E-state index is -0.674. The number of fused-ring (bicyclic) bond motifs is 3. The largest absolute Gasteiger partial charge is 0.381 e. The first kappa shape index (κ1) is 9.17. The molecule has 0 saturated heterocycles. The zero-order chi connectivity index (χ0) is 10.3. The quantitative estimate of drug-likeness (QED) is 0.638. The Labute approximate surface area is 90.4 Å². The lowest BCUT2D eigenvalue weighted by molar-refractivity contribution is 0.00266.